The highest BCUT2D eigenvalue weighted by atomic mass is 127. The largest absolute Gasteiger partial charge is 0.379 e. The molecular weight excluding hydrogens is 491 g/mol. The van der Waals surface area contributed by atoms with Gasteiger partial charge in [-0.05, 0) is 44.6 Å². The summed E-state index contributed by atoms with van der Waals surface area (Å²) < 4.78 is 5.89. The molecule has 0 spiro atoms. The second-order valence-electron chi connectivity index (χ2n) is 7.32. The van der Waals surface area contributed by atoms with Crippen molar-refractivity contribution in [2.45, 2.75) is 37.5 Å². The SMILES string of the molecule is CN=C(NCC(c1ccc(C)s1)N1CCOCC1)NCC1(C)CCCS1.I. The van der Waals surface area contributed by atoms with Crippen LogP contribution in [0.5, 0.6) is 0 Å². The zero-order chi connectivity index (χ0) is 18.4. The zero-order valence-corrected chi connectivity index (χ0v) is 20.6. The van der Waals surface area contributed by atoms with Crippen LogP contribution in [-0.4, -0.2) is 67.8 Å². The van der Waals surface area contributed by atoms with E-state index < -0.39 is 0 Å². The van der Waals surface area contributed by atoms with Gasteiger partial charge in [-0.15, -0.1) is 35.3 Å². The van der Waals surface area contributed by atoms with Crippen molar-refractivity contribution in [3.8, 4) is 0 Å². The van der Waals surface area contributed by atoms with Crippen molar-refractivity contribution in [1.82, 2.24) is 15.5 Å². The van der Waals surface area contributed by atoms with Gasteiger partial charge in [0.05, 0.1) is 19.3 Å². The summed E-state index contributed by atoms with van der Waals surface area (Å²) in [6, 6.07) is 4.86. The number of aliphatic imine (C=N–C) groups is 1. The first-order chi connectivity index (χ1) is 12.6. The molecule has 8 heteroatoms. The molecule has 5 nitrogen and oxygen atoms in total. The molecule has 2 fully saturated rings. The van der Waals surface area contributed by atoms with E-state index in [-0.39, 0.29) is 24.0 Å². The van der Waals surface area contributed by atoms with E-state index in [2.05, 4.69) is 58.3 Å². The van der Waals surface area contributed by atoms with E-state index >= 15 is 0 Å². The van der Waals surface area contributed by atoms with Gasteiger partial charge in [0.2, 0.25) is 0 Å². The van der Waals surface area contributed by atoms with Crippen molar-refractivity contribution < 1.29 is 4.74 Å². The summed E-state index contributed by atoms with van der Waals surface area (Å²) in [5.74, 6) is 2.19. The molecule has 0 amide bonds. The van der Waals surface area contributed by atoms with E-state index in [1.54, 1.807) is 0 Å². The van der Waals surface area contributed by atoms with Crippen LogP contribution < -0.4 is 10.6 Å². The quantitative estimate of drug-likeness (QED) is 0.339. The molecule has 2 atom stereocenters. The Hall–Kier alpha value is -0.0300. The second kappa shape index (κ2) is 11.2. The molecule has 154 valence electrons. The number of morpholine rings is 1. The number of ether oxygens (including phenoxy) is 1. The molecule has 2 saturated heterocycles. The maximum atomic E-state index is 5.55. The van der Waals surface area contributed by atoms with Gasteiger partial charge in [-0.1, -0.05) is 0 Å². The minimum absolute atomic E-state index is 0. The van der Waals surface area contributed by atoms with Crippen LogP contribution in [0, 0.1) is 6.92 Å². The van der Waals surface area contributed by atoms with E-state index in [4.69, 9.17) is 4.74 Å². The van der Waals surface area contributed by atoms with Crippen LogP contribution in [0.2, 0.25) is 0 Å². The Kier molecular flexibility index (Phi) is 9.67. The molecule has 0 bridgehead atoms. The van der Waals surface area contributed by atoms with E-state index in [0.29, 0.717) is 10.8 Å². The van der Waals surface area contributed by atoms with Crippen LogP contribution in [-0.2, 0) is 4.74 Å². The molecule has 2 N–H and O–H groups in total. The van der Waals surface area contributed by atoms with Gasteiger partial charge in [-0.25, -0.2) is 0 Å². The first-order valence-corrected chi connectivity index (χ1v) is 11.4. The fraction of sp³-hybridized carbons (Fsp3) is 0.737. The van der Waals surface area contributed by atoms with Gasteiger partial charge in [0.1, 0.15) is 0 Å². The monoisotopic (exact) mass is 524 g/mol. The lowest BCUT2D eigenvalue weighted by atomic mass is 10.1. The molecule has 3 rings (SSSR count). The predicted molar refractivity (Wildman–Crippen MR) is 129 cm³/mol. The van der Waals surface area contributed by atoms with Gasteiger partial charge in [0.25, 0.3) is 0 Å². The topological polar surface area (TPSA) is 48.9 Å². The lowest BCUT2D eigenvalue weighted by Gasteiger charge is -2.34. The van der Waals surface area contributed by atoms with Crippen molar-refractivity contribution in [3.63, 3.8) is 0 Å². The number of hydrogen-bond acceptors (Lipinski definition) is 5. The third-order valence-corrected chi connectivity index (χ3v) is 7.83. The third kappa shape index (κ3) is 6.76. The maximum Gasteiger partial charge on any atom is 0.191 e. The van der Waals surface area contributed by atoms with Gasteiger partial charge in [0.15, 0.2) is 5.96 Å². The molecule has 0 aliphatic carbocycles. The molecule has 0 radical (unpaired) electrons. The predicted octanol–water partition coefficient (Wildman–Crippen LogP) is 3.50. The van der Waals surface area contributed by atoms with Crippen LogP contribution >= 0.6 is 47.1 Å². The molecule has 1 aromatic rings. The Morgan fingerprint density at radius 2 is 2.11 bits per heavy atom. The highest BCUT2D eigenvalue weighted by Gasteiger charge is 2.29. The molecule has 0 saturated carbocycles. The van der Waals surface area contributed by atoms with E-state index in [1.165, 1.54) is 28.3 Å². The standard InChI is InChI=1S/C19H32N4OS2.HI/c1-15-5-6-17(26-15)16(23-8-10-24-11-9-23)13-21-18(20-3)22-14-19(2)7-4-12-25-19;/h5-6,16H,4,7-14H2,1-3H3,(H2,20,21,22);1H. The molecule has 1 aromatic heterocycles. The smallest absolute Gasteiger partial charge is 0.191 e. The van der Waals surface area contributed by atoms with Crippen molar-refractivity contribution in [1.29, 1.82) is 0 Å². The maximum absolute atomic E-state index is 5.55. The van der Waals surface area contributed by atoms with Crippen molar-refractivity contribution in [2.24, 2.45) is 4.99 Å². The van der Waals surface area contributed by atoms with E-state index in [1.807, 2.05) is 18.4 Å². The first kappa shape index (κ1) is 23.3. The number of hydrogen-bond donors (Lipinski definition) is 2. The van der Waals surface area contributed by atoms with E-state index in [0.717, 1.165) is 45.4 Å². The van der Waals surface area contributed by atoms with Crippen LogP contribution in [0.15, 0.2) is 17.1 Å². The summed E-state index contributed by atoms with van der Waals surface area (Å²) in [5, 5.41) is 7.11. The Balaban J connectivity index is 0.00000261. The minimum atomic E-state index is 0. The molecule has 3 heterocycles. The molecule has 27 heavy (non-hydrogen) atoms. The minimum Gasteiger partial charge on any atom is -0.379 e. The van der Waals surface area contributed by atoms with Gasteiger partial charge in [-0.3, -0.25) is 9.89 Å². The molecule has 2 aliphatic heterocycles. The molecule has 0 aromatic carbocycles. The zero-order valence-electron chi connectivity index (χ0n) is 16.6. The number of guanidine groups is 1. The van der Waals surface area contributed by atoms with Crippen molar-refractivity contribution in [3.05, 3.63) is 21.9 Å². The Morgan fingerprint density at radius 1 is 1.33 bits per heavy atom. The van der Waals surface area contributed by atoms with Gasteiger partial charge < -0.3 is 15.4 Å². The summed E-state index contributed by atoms with van der Waals surface area (Å²) >= 11 is 3.97. The highest BCUT2D eigenvalue weighted by Crippen LogP contribution is 2.36. The fourth-order valence-corrected chi connectivity index (χ4v) is 5.85. The summed E-state index contributed by atoms with van der Waals surface area (Å²) in [4.78, 5) is 9.76. The average Bonchev–Trinajstić information content (AvgIpc) is 3.28. The number of rotatable bonds is 6. The number of thiophene rings is 1. The van der Waals surface area contributed by atoms with Crippen molar-refractivity contribution >= 4 is 53.0 Å². The number of halogens is 1. The molecule has 2 unspecified atom stereocenters. The Morgan fingerprint density at radius 3 is 2.70 bits per heavy atom. The van der Waals surface area contributed by atoms with Crippen LogP contribution in [0.25, 0.3) is 0 Å². The second-order valence-corrected chi connectivity index (χ2v) is 10.3. The Bertz CT molecular complexity index is 598. The normalized spacial score (nSPS) is 25.1. The fourth-order valence-electron chi connectivity index (χ4n) is 3.59. The average molecular weight is 525 g/mol. The molecule has 2 aliphatic rings. The lowest BCUT2D eigenvalue weighted by Crippen LogP contribution is -2.48. The number of thioether (sulfide) groups is 1. The highest BCUT2D eigenvalue weighted by molar-refractivity contribution is 14.0. The summed E-state index contributed by atoms with van der Waals surface area (Å²) in [5.41, 5.74) is 0. The third-order valence-electron chi connectivity index (χ3n) is 5.19. The van der Waals surface area contributed by atoms with Crippen molar-refractivity contribution in [2.75, 3.05) is 52.2 Å². The van der Waals surface area contributed by atoms with E-state index in [9.17, 15) is 0 Å². The van der Waals surface area contributed by atoms with Crippen LogP contribution in [0.1, 0.15) is 35.6 Å². The summed E-state index contributed by atoms with van der Waals surface area (Å²) in [7, 11) is 1.86. The summed E-state index contributed by atoms with van der Waals surface area (Å²) in [6.07, 6.45) is 2.61. The Labute approximate surface area is 189 Å². The number of nitrogens with zero attached hydrogens (tertiary/aromatic N) is 2. The number of nitrogens with one attached hydrogen (secondary N) is 2. The van der Waals surface area contributed by atoms with Crippen LogP contribution in [0.3, 0.4) is 0 Å². The summed E-state index contributed by atoms with van der Waals surface area (Å²) in [6.45, 7) is 10.00. The molecular formula is C19H33IN4OS2. The number of aryl methyl sites for hydroxylation is 1. The van der Waals surface area contributed by atoms with Crippen LogP contribution in [0.4, 0.5) is 0 Å². The lowest BCUT2D eigenvalue weighted by molar-refractivity contribution is 0.0177. The first-order valence-electron chi connectivity index (χ1n) is 9.56. The van der Waals surface area contributed by atoms with Gasteiger partial charge in [-0.2, -0.15) is 11.8 Å². The van der Waals surface area contributed by atoms with Gasteiger partial charge in [0, 0.05) is 47.7 Å². The van der Waals surface area contributed by atoms with Gasteiger partial charge >= 0.3 is 0 Å².